The highest BCUT2D eigenvalue weighted by Gasteiger charge is 2.28. The summed E-state index contributed by atoms with van der Waals surface area (Å²) in [6.07, 6.45) is 1.30. The average Bonchev–Trinajstić information content (AvgIpc) is 3.15. The first-order valence-corrected chi connectivity index (χ1v) is 8.40. The summed E-state index contributed by atoms with van der Waals surface area (Å²) in [4.78, 5) is 11.2. The number of phenols is 1. The molecule has 0 unspecified atom stereocenters. The molecule has 8 heteroatoms. The van der Waals surface area contributed by atoms with Gasteiger partial charge in [-0.3, -0.25) is 19.9 Å². The van der Waals surface area contributed by atoms with E-state index < -0.39 is 4.92 Å². The van der Waals surface area contributed by atoms with Gasteiger partial charge in [-0.25, -0.2) is 0 Å². The number of hydrogen-bond acceptors (Lipinski definition) is 5. The molecule has 0 aliphatic carbocycles. The van der Waals surface area contributed by atoms with Gasteiger partial charge in [-0.1, -0.05) is 19.4 Å². The predicted octanol–water partition coefficient (Wildman–Crippen LogP) is 3.66. The predicted molar refractivity (Wildman–Crippen MR) is 98.0 cm³/mol. The maximum atomic E-state index is 11.6. The van der Waals surface area contributed by atoms with Crippen molar-refractivity contribution in [3.8, 4) is 28.4 Å². The number of hydrogen-bond donors (Lipinski definition) is 2. The van der Waals surface area contributed by atoms with Crippen molar-refractivity contribution < 1.29 is 10.0 Å². The number of phenolic OH excluding ortho intramolecular Hbond substituents is 1. The van der Waals surface area contributed by atoms with Gasteiger partial charge in [0.2, 0.25) is 0 Å². The molecule has 0 saturated carbocycles. The molecular formula is C18H21N5O3. The van der Waals surface area contributed by atoms with Crippen LogP contribution >= 0.6 is 0 Å². The highest BCUT2D eigenvalue weighted by Crippen LogP contribution is 2.36. The Kier molecular flexibility index (Phi) is 4.50. The molecule has 0 aliphatic rings. The number of aromatic amines is 1. The summed E-state index contributed by atoms with van der Waals surface area (Å²) < 4.78 is 1.50. The third-order valence-corrected chi connectivity index (χ3v) is 4.32. The Morgan fingerprint density at radius 1 is 1.31 bits per heavy atom. The number of nitrogens with zero attached hydrogens (tertiary/aromatic N) is 4. The van der Waals surface area contributed by atoms with E-state index >= 15 is 0 Å². The molecule has 0 amide bonds. The van der Waals surface area contributed by atoms with E-state index in [4.69, 9.17) is 0 Å². The number of nitrogens with one attached hydrogen (secondary N) is 1. The summed E-state index contributed by atoms with van der Waals surface area (Å²) in [5.41, 5.74) is 4.18. The van der Waals surface area contributed by atoms with Crippen molar-refractivity contribution in [2.75, 3.05) is 0 Å². The highest BCUT2D eigenvalue weighted by atomic mass is 16.6. The highest BCUT2D eigenvalue weighted by molar-refractivity contribution is 5.76. The van der Waals surface area contributed by atoms with Crippen LogP contribution in [0.3, 0.4) is 0 Å². The standard InChI is InChI=1S/C18H21N5O3/c1-5-6-13-17(23(25)26)16(22(4)21-13)15-9-14(19-20-15)12-8-10(2)7-11(3)18(12)24/h7-9,24H,5-6H2,1-4H3,(H,19,20). The SMILES string of the molecule is CCCc1nn(C)c(-c2cc(-c3cc(C)cc(C)c3O)n[nH]2)c1[N+](=O)[O-]. The molecule has 136 valence electrons. The van der Waals surface area contributed by atoms with Crippen LogP contribution in [0.15, 0.2) is 18.2 Å². The normalized spacial score (nSPS) is 11.1. The summed E-state index contributed by atoms with van der Waals surface area (Å²) >= 11 is 0. The lowest BCUT2D eigenvalue weighted by atomic mass is 10.0. The van der Waals surface area contributed by atoms with Crippen molar-refractivity contribution >= 4 is 5.69 Å². The second kappa shape index (κ2) is 6.62. The fourth-order valence-electron chi connectivity index (χ4n) is 3.20. The largest absolute Gasteiger partial charge is 0.507 e. The minimum absolute atomic E-state index is 0.00538. The maximum absolute atomic E-state index is 11.6. The van der Waals surface area contributed by atoms with Crippen molar-refractivity contribution in [1.29, 1.82) is 0 Å². The molecule has 0 fully saturated rings. The average molecular weight is 355 g/mol. The number of aromatic hydroxyl groups is 1. The summed E-state index contributed by atoms with van der Waals surface area (Å²) in [7, 11) is 1.68. The van der Waals surface area contributed by atoms with Gasteiger partial charge in [0.15, 0.2) is 5.69 Å². The Balaban J connectivity index is 2.14. The van der Waals surface area contributed by atoms with E-state index in [-0.39, 0.29) is 11.4 Å². The Labute approximate surface area is 150 Å². The summed E-state index contributed by atoms with van der Waals surface area (Å²) in [5.74, 6) is 0.153. The quantitative estimate of drug-likeness (QED) is 0.536. The third kappa shape index (κ3) is 2.94. The van der Waals surface area contributed by atoms with Gasteiger partial charge in [0, 0.05) is 12.6 Å². The number of nitro groups is 1. The first-order chi connectivity index (χ1) is 12.3. The number of benzene rings is 1. The second-order valence-electron chi connectivity index (χ2n) is 6.42. The first-order valence-electron chi connectivity index (χ1n) is 8.40. The molecule has 26 heavy (non-hydrogen) atoms. The molecule has 0 radical (unpaired) electrons. The molecule has 8 nitrogen and oxygen atoms in total. The van der Waals surface area contributed by atoms with Gasteiger partial charge in [0.05, 0.1) is 16.3 Å². The monoisotopic (exact) mass is 355 g/mol. The Hall–Kier alpha value is -3.16. The maximum Gasteiger partial charge on any atom is 0.319 e. The number of aromatic nitrogens is 4. The van der Waals surface area contributed by atoms with Crippen molar-refractivity contribution in [2.45, 2.75) is 33.6 Å². The van der Waals surface area contributed by atoms with Gasteiger partial charge in [-0.15, -0.1) is 0 Å². The van der Waals surface area contributed by atoms with E-state index in [9.17, 15) is 15.2 Å². The lowest BCUT2D eigenvalue weighted by molar-refractivity contribution is -0.384. The molecule has 2 heterocycles. The van der Waals surface area contributed by atoms with Gasteiger partial charge in [-0.05, 0) is 43.5 Å². The van der Waals surface area contributed by atoms with Gasteiger partial charge in [-0.2, -0.15) is 10.2 Å². The van der Waals surface area contributed by atoms with Crippen molar-refractivity contribution in [1.82, 2.24) is 20.0 Å². The van der Waals surface area contributed by atoms with Crippen molar-refractivity contribution in [3.63, 3.8) is 0 Å². The number of H-pyrrole nitrogens is 1. The van der Waals surface area contributed by atoms with Crippen molar-refractivity contribution in [2.24, 2.45) is 7.05 Å². The Morgan fingerprint density at radius 3 is 2.69 bits per heavy atom. The molecule has 0 bridgehead atoms. The molecule has 0 atom stereocenters. The van der Waals surface area contributed by atoms with E-state index in [1.54, 1.807) is 13.1 Å². The molecule has 2 N–H and O–H groups in total. The number of rotatable bonds is 5. The van der Waals surface area contributed by atoms with Crippen LogP contribution < -0.4 is 0 Å². The van der Waals surface area contributed by atoms with Crippen LogP contribution in [0.4, 0.5) is 5.69 Å². The van der Waals surface area contributed by atoms with Crippen LogP contribution in [0.5, 0.6) is 5.75 Å². The van der Waals surface area contributed by atoms with E-state index in [0.29, 0.717) is 34.8 Å². The molecule has 3 aromatic rings. The zero-order chi connectivity index (χ0) is 19.0. The van der Waals surface area contributed by atoms with Gasteiger partial charge in [0.1, 0.15) is 11.4 Å². The van der Waals surface area contributed by atoms with Crippen molar-refractivity contribution in [3.05, 3.63) is 45.1 Å². The Bertz CT molecular complexity index is 987. The lowest BCUT2D eigenvalue weighted by Gasteiger charge is -2.06. The molecule has 2 aromatic heterocycles. The smallest absolute Gasteiger partial charge is 0.319 e. The fourth-order valence-corrected chi connectivity index (χ4v) is 3.20. The second-order valence-corrected chi connectivity index (χ2v) is 6.42. The van der Waals surface area contributed by atoms with E-state index in [1.165, 1.54) is 4.68 Å². The summed E-state index contributed by atoms with van der Waals surface area (Å²) in [6, 6.07) is 5.42. The summed E-state index contributed by atoms with van der Waals surface area (Å²) in [6.45, 7) is 5.71. The lowest BCUT2D eigenvalue weighted by Crippen LogP contribution is -1.96. The van der Waals surface area contributed by atoms with Gasteiger partial charge < -0.3 is 5.11 Å². The molecule has 0 saturated heterocycles. The van der Waals surface area contributed by atoms with Gasteiger partial charge in [0.25, 0.3) is 0 Å². The Morgan fingerprint density at radius 2 is 2.04 bits per heavy atom. The van der Waals surface area contributed by atoms with Crippen LogP contribution in [0.2, 0.25) is 0 Å². The minimum atomic E-state index is -0.401. The van der Waals surface area contributed by atoms with E-state index in [2.05, 4.69) is 15.3 Å². The number of aryl methyl sites for hydroxylation is 4. The molecule has 0 aliphatic heterocycles. The molecule has 1 aromatic carbocycles. The zero-order valence-corrected chi connectivity index (χ0v) is 15.2. The first kappa shape index (κ1) is 17.7. The molecule has 3 rings (SSSR count). The van der Waals surface area contributed by atoms with Crippen LogP contribution in [-0.2, 0) is 13.5 Å². The van der Waals surface area contributed by atoms with Gasteiger partial charge >= 0.3 is 5.69 Å². The molecular weight excluding hydrogens is 334 g/mol. The van der Waals surface area contributed by atoms with Crippen LogP contribution in [0.1, 0.15) is 30.2 Å². The van der Waals surface area contributed by atoms with Crippen LogP contribution in [-0.4, -0.2) is 30.0 Å². The van der Waals surface area contributed by atoms with E-state index in [1.807, 2.05) is 32.9 Å². The molecule has 0 spiro atoms. The van der Waals surface area contributed by atoms with E-state index in [0.717, 1.165) is 17.5 Å². The topological polar surface area (TPSA) is 110 Å². The van der Waals surface area contributed by atoms with Crippen LogP contribution in [0.25, 0.3) is 22.6 Å². The minimum Gasteiger partial charge on any atom is -0.507 e. The fraction of sp³-hybridized carbons (Fsp3) is 0.333. The summed E-state index contributed by atoms with van der Waals surface area (Å²) in [5, 5.41) is 33.4. The third-order valence-electron chi connectivity index (χ3n) is 4.32. The zero-order valence-electron chi connectivity index (χ0n) is 15.2. The van der Waals surface area contributed by atoms with Crippen LogP contribution in [0, 0.1) is 24.0 Å².